The van der Waals surface area contributed by atoms with Crippen LogP contribution in [0.2, 0.25) is 0 Å². The second-order valence-corrected chi connectivity index (χ2v) is 7.07. The average Bonchev–Trinajstić information content (AvgIpc) is 3.53. The summed E-state index contributed by atoms with van der Waals surface area (Å²) in [6.45, 7) is 4.71. The number of anilines is 1. The largest absolute Gasteiger partial charge is 0.465 e. The summed E-state index contributed by atoms with van der Waals surface area (Å²) < 4.78 is 4.90. The van der Waals surface area contributed by atoms with Crippen LogP contribution in [-0.4, -0.2) is 23.0 Å². The number of carbonyl (C=O) groups excluding carboxylic acids is 1. The molecule has 138 valence electrons. The summed E-state index contributed by atoms with van der Waals surface area (Å²) in [7, 11) is 1.41. The number of hydrogen-bond donors (Lipinski definition) is 1. The van der Waals surface area contributed by atoms with Gasteiger partial charge in [-0.2, -0.15) is 0 Å². The Hall–Kier alpha value is -2.95. The number of methoxy groups -OCH3 is 1. The normalized spacial score (nSPS) is 13.6. The summed E-state index contributed by atoms with van der Waals surface area (Å²) in [5, 5.41) is 4.65. The van der Waals surface area contributed by atoms with E-state index < -0.39 is 0 Å². The Morgan fingerprint density at radius 2 is 1.93 bits per heavy atom. The lowest BCUT2D eigenvalue weighted by molar-refractivity contribution is 0.0598. The van der Waals surface area contributed by atoms with Crippen LogP contribution in [0.5, 0.6) is 0 Å². The molecule has 1 aliphatic carbocycles. The molecule has 0 radical (unpaired) electrons. The van der Waals surface area contributed by atoms with Crippen LogP contribution in [0.3, 0.4) is 0 Å². The predicted octanol–water partition coefficient (Wildman–Crippen LogP) is 4.52. The Kier molecular flexibility index (Phi) is 4.52. The van der Waals surface area contributed by atoms with Gasteiger partial charge in [0.05, 0.1) is 36.1 Å². The number of para-hydroxylation sites is 1. The van der Waals surface area contributed by atoms with Crippen molar-refractivity contribution in [3.63, 3.8) is 0 Å². The molecule has 0 bridgehead atoms. The van der Waals surface area contributed by atoms with Crippen molar-refractivity contribution in [1.82, 2.24) is 9.97 Å². The molecule has 1 aromatic carbocycles. The van der Waals surface area contributed by atoms with E-state index in [-0.39, 0.29) is 5.97 Å². The smallest absolute Gasteiger partial charge is 0.339 e. The van der Waals surface area contributed by atoms with Crippen molar-refractivity contribution in [1.29, 1.82) is 0 Å². The van der Waals surface area contributed by atoms with E-state index in [1.54, 1.807) is 0 Å². The summed E-state index contributed by atoms with van der Waals surface area (Å²) in [5.41, 5.74) is 6.60. The molecule has 27 heavy (non-hydrogen) atoms. The van der Waals surface area contributed by atoms with Crippen molar-refractivity contribution < 1.29 is 9.53 Å². The highest BCUT2D eigenvalue weighted by Gasteiger charge is 2.30. The van der Waals surface area contributed by atoms with Gasteiger partial charge in [-0.05, 0) is 50.5 Å². The van der Waals surface area contributed by atoms with Crippen molar-refractivity contribution >= 4 is 22.6 Å². The lowest BCUT2D eigenvalue weighted by Gasteiger charge is -2.15. The summed E-state index contributed by atoms with van der Waals surface area (Å²) in [4.78, 5) is 21.4. The summed E-state index contributed by atoms with van der Waals surface area (Å²) in [5.74, 6) is 0.0697. The second kappa shape index (κ2) is 6.99. The van der Waals surface area contributed by atoms with Gasteiger partial charge in [0.25, 0.3) is 0 Å². The summed E-state index contributed by atoms with van der Waals surface area (Å²) in [6.07, 6.45) is 2.17. The molecule has 3 aromatic rings. The Balaban J connectivity index is 1.65. The predicted molar refractivity (Wildman–Crippen MR) is 106 cm³/mol. The first-order chi connectivity index (χ1) is 13.1. The maximum atomic E-state index is 12.0. The van der Waals surface area contributed by atoms with E-state index in [4.69, 9.17) is 9.72 Å². The van der Waals surface area contributed by atoms with Gasteiger partial charge in [-0.3, -0.25) is 9.97 Å². The number of esters is 1. The Morgan fingerprint density at radius 3 is 2.67 bits per heavy atom. The van der Waals surface area contributed by atoms with Crippen LogP contribution in [-0.2, 0) is 11.3 Å². The van der Waals surface area contributed by atoms with E-state index in [9.17, 15) is 4.79 Å². The Labute approximate surface area is 158 Å². The number of pyridine rings is 2. The molecule has 1 aliphatic rings. The number of hydrogen-bond acceptors (Lipinski definition) is 5. The number of nitrogens with zero attached hydrogens (tertiary/aromatic N) is 2. The van der Waals surface area contributed by atoms with Crippen LogP contribution < -0.4 is 5.32 Å². The molecule has 0 aliphatic heterocycles. The van der Waals surface area contributed by atoms with E-state index in [0.29, 0.717) is 18.0 Å². The first-order valence-electron chi connectivity index (χ1n) is 9.26. The van der Waals surface area contributed by atoms with Crippen molar-refractivity contribution in [2.75, 3.05) is 12.4 Å². The molecule has 0 saturated heterocycles. The molecule has 1 fully saturated rings. The maximum Gasteiger partial charge on any atom is 0.339 e. The molecule has 5 heteroatoms. The lowest BCUT2D eigenvalue weighted by Crippen LogP contribution is -2.11. The molecule has 0 spiro atoms. The third-order valence-electron chi connectivity index (χ3n) is 5.18. The van der Waals surface area contributed by atoms with Gasteiger partial charge >= 0.3 is 5.97 Å². The highest BCUT2D eigenvalue weighted by molar-refractivity contribution is 5.93. The van der Waals surface area contributed by atoms with Crippen LogP contribution in [0.25, 0.3) is 10.9 Å². The molecule has 4 rings (SSSR count). The Bertz CT molecular complexity index is 1030. The first kappa shape index (κ1) is 17.5. The minimum atomic E-state index is -0.310. The standard InChI is InChI=1S/C22H23N3O2/c1-13-14(2)24-19-7-5-4-6-17(19)20(13)23-12-16-10-11-18(22(26)27-3)21(25-16)15-8-9-15/h4-7,10-11,15H,8-9,12H2,1-3H3,(H,23,24). The minimum absolute atomic E-state index is 0.310. The van der Waals surface area contributed by atoms with Gasteiger partial charge in [-0.1, -0.05) is 18.2 Å². The molecule has 5 nitrogen and oxygen atoms in total. The number of nitrogens with one attached hydrogen (secondary N) is 1. The number of aryl methyl sites for hydroxylation is 1. The molecule has 2 aromatic heterocycles. The molecule has 0 unspecified atom stereocenters. The van der Waals surface area contributed by atoms with E-state index in [2.05, 4.69) is 23.3 Å². The molecular formula is C22H23N3O2. The van der Waals surface area contributed by atoms with Gasteiger partial charge in [0.2, 0.25) is 0 Å². The van der Waals surface area contributed by atoms with Crippen molar-refractivity contribution in [3.8, 4) is 0 Å². The maximum absolute atomic E-state index is 12.0. The molecule has 1 saturated carbocycles. The summed E-state index contributed by atoms with van der Waals surface area (Å²) in [6, 6.07) is 11.9. The Morgan fingerprint density at radius 1 is 1.15 bits per heavy atom. The van der Waals surface area contributed by atoms with E-state index in [0.717, 1.165) is 52.1 Å². The number of ether oxygens (including phenoxy) is 1. The fraction of sp³-hybridized carbons (Fsp3) is 0.318. The van der Waals surface area contributed by atoms with Gasteiger partial charge in [-0.15, -0.1) is 0 Å². The highest BCUT2D eigenvalue weighted by Crippen LogP contribution is 2.41. The lowest BCUT2D eigenvalue weighted by atomic mass is 10.1. The van der Waals surface area contributed by atoms with Crippen LogP contribution in [0.15, 0.2) is 36.4 Å². The topological polar surface area (TPSA) is 64.1 Å². The van der Waals surface area contributed by atoms with E-state index in [1.165, 1.54) is 7.11 Å². The van der Waals surface area contributed by atoms with Gasteiger partial charge in [0, 0.05) is 22.7 Å². The number of carbonyl (C=O) groups is 1. The fourth-order valence-corrected chi connectivity index (χ4v) is 3.40. The molecule has 0 amide bonds. The van der Waals surface area contributed by atoms with Crippen LogP contribution in [0.4, 0.5) is 5.69 Å². The van der Waals surface area contributed by atoms with E-state index in [1.807, 2.05) is 37.3 Å². The zero-order chi connectivity index (χ0) is 19.0. The van der Waals surface area contributed by atoms with Gasteiger partial charge in [0.15, 0.2) is 0 Å². The number of rotatable bonds is 5. The second-order valence-electron chi connectivity index (χ2n) is 7.07. The molecular weight excluding hydrogens is 338 g/mol. The van der Waals surface area contributed by atoms with Gasteiger partial charge < -0.3 is 10.1 Å². The first-order valence-corrected chi connectivity index (χ1v) is 9.26. The number of fused-ring (bicyclic) bond motifs is 1. The molecule has 0 atom stereocenters. The third-order valence-corrected chi connectivity index (χ3v) is 5.18. The van der Waals surface area contributed by atoms with Gasteiger partial charge in [-0.25, -0.2) is 4.79 Å². The number of benzene rings is 1. The van der Waals surface area contributed by atoms with Crippen molar-refractivity contribution in [2.45, 2.75) is 39.2 Å². The average molecular weight is 361 g/mol. The summed E-state index contributed by atoms with van der Waals surface area (Å²) >= 11 is 0. The van der Waals surface area contributed by atoms with Crippen LogP contribution in [0.1, 0.15) is 51.8 Å². The monoisotopic (exact) mass is 361 g/mol. The fourth-order valence-electron chi connectivity index (χ4n) is 3.40. The van der Waals surface area contributed by atoms with E-state index >= 15 is 0 Å². The number of aromatic nitrogens is 2. The quantitative estimate of drug-likeness (QED) is 0.677. The SMILES string of the molecule is COC(=O)c1ccc(CNc2c(C)c(C)nc3ccccc23)nc1C1CC1. The van der Waals surface area contributed by atoms with Crippen LogP contribution >= 0.6 is 0 Å². The zero-order valence-electron chi connectivity index (χ0n) is 15.9. The van der Waals surface area contributed by atoms with Gasteiger partial charge in [0.1, 0.15) is 0 Å². The molecule has 2 heterocycles. The minimum Gasteiger partial charge on any atom is -0.465 e. The van der Waals surface area contributed by atoms with Crippen LogP contribution in [0, 0.1) is 13.8 Å². The third kappa shape index (κ3) is 3.37. The van der Waals surface area contributed by atoms with Crippen molar-refractivity contribution in [3.05, 3.63) is 64.6 Å². The highest BCUT2D eigenvalue weighted by atomic mass is 16.5. The molecule has 1 N–H and O–H groups in total. The van der Waals surface area contributed by atoms with Crippen molar-refractivity contribution in [2.24, 2.45) is 0 Å². The zero-order valence-corrected chi connectivity index (χ0v) is 15.9.